The molecular weight excluding hydrogens is 717 g/mol. The van der Waals surface area contributed by atoms with Crippen LogP contribution in [0.15, 0.2) is 36.4 Å². The summed E-state index contributed by atoms with van der Waals surface area (Å²) in [7, 11) is -4.22. The Kier molecular flexibility index (Phi) is 8.26. The molecule has 0 aliphatic heterocycles. The van der Waals surface area contributed by atoms with E-state index >= 15 is 0 Å². The summed E-state index contributed by atoms with van der Waals surface area (Å²) < 4.78 is 42.6. The molecule has 0 aliphatic rings. The summed E-state index contributed by atoms with van der Waals surface area (Å²) in [5.74, 6) is -1.91. The predicted molar refractivity (Wildman–Crippen MR) is 123 cm³/mol. The molecule has 11 heteroatoms. The second-order valence-corrected chi connectivity index (χ2v) is 10.1. The number of halogens is 3. The van der Waals surface area contributed by atoms with Crippen LogP contribution in [0.4, 0.5) is 0 Å². The zero-order chi connectivity index (χ0) is 20.2. The van der Waals surface area contributed by atoms with Gasteiger partial charge >= 0.3 is 11.9 Å². The lowest BCUT2D eigenvalue weighted by atomic mass is 10.2. The van der Waals surface area contributed by atoms with Crippen LogP contribution in [0.25, 0.3) is 0 Å². The molecular formula is C16H11I3O7S. The van der Waals surface area contributed by atoms with Gasteiger partial charge in [0.1, 0.15) is 18.1 Å². The van der Waals surface area contributed by atoms with Gasteiger partial charge in [-0.2, -0.15) is 8.42 Å². The van der Waals surface area contributed by atoms with E-state index in [0.29, 0.717) is 5.56 Å². The van der Waals surface area contributed by atoms with Crippen LogP contribution in [0.3, 0.4) is 0 Å². The van der Waals surface area contributed by atoms with Gasteiger partial charge in [0, 0.05) is 10.7 Å². The van der Waals surface area contributed by atoms with Crippen LogP contribution < -0.4 is 4.74 Å². The van der Waals surface area contributed by atoms with Crippen molar-refractivity contribution in [2.24, 2.45) is 0 Å². The fourth-order valence-corrected chi connectivity index (χ4v) is 4.55. The van der Waals surface area contributed by atoms with Crippen molar-refractivity contribution in [1.82, 2.24) is 0 Å². The zero-order valence-electron chi connectivity index (χ0n) is 13.3. The minimum atomic E-state index is -4.22. The summed E-state index contributed by atoms with van der Waals surface area (Å²) in [6, 6.07) is 9.41. The van der Waals surface area contributed by atoms with Crippen LogP contribution in [0, 0.1) is 10.7 Å². The van der Waals surface area contributed by atoms with Crippen molar-refractivity contribution in [2.45, 2.75) is 0 Å². The third-order valence-electron chi connectivity index (χ3n) is 3.07. The molecule has 0 radical (unpaired) electrons. The molecule has 0 aliphatic carbocycles. The van der Waals surface area contributed by atoms with E-state index in [4.69, 9.17) is 14.0 Å². The first-order chi connectivity index (χ1) is 12.6. The second-order valence-electron chi connectivity index (χ2n) is 5.09. The summed E-state index contributed by atoms with van der Waals surface area (Å²) >= 11 is 6.30. The van der Waals surface area contributed by atoms with E-state index in [1.54, 1.807) is 6.07 Å². The Balaban J connectivity index is 2.11. The number of hydrogen-bond acceptors (Lipinski definition) is 6. The van der Waals surface area contributed by atoms with Gasteiger partial charge in [0.15, 0.2) is 0 Å². The molecule has 2 aromatic rings. The zero-order valence-corrected chi connectivity index (χ0v) is 20.6. The molecule has 1 N–H and O–H groups in total. The monoisotopic (exact) mass is 728 g/mol. The summed E-state index contributed by atoms with van der Waals surface area (Å²) in [5, 5.41) is 0. The molecule has 0 fully saturated rings. The third kappa shape index (κ3) is 7.10. The first-order valence-corrected chi connectivity index (χ1v) is 12.0. The first kappa shape index (κ1) is 22.8. The normalized spacial score (nSPS) is 11.1. The molecule has 0 atom stereocenters. The lowest BCUT2D eigenvalue weighted by Crippen LogP contribution is -2.15. The molecule has 0 saturated heterocycles. The van der Waals surface area contributed by atoms with Crippen LogP contribution >= 0.6 is 67.8 Å². The van der Waals surface area contributed by atoms with Crippen molar-refractivity contribution in [3.05, 3.63) is 58.2 Å². The lowest BCUT2D eigenvalue weighted by Gasteiger charge is -2.09. The average Bonchev–Trinajstić information content (AvgIpc) is 2.57. The van der Waals surface area contributed by atoms with E-state index in [1.807, 2.05) is 6.07 Å². The van der Waals surface area contributed by atoms with E-state index in [9.17, 15) is 18.0 Å². The maximum atomic E-state index is 12.5. The molecule has 2 rings (SSSR count). The number of esters is 2. The van der Waals surface area contributed by atoms with Crippen LogP contribution in [-0.2, 0) is 14.9 Å². The molecule has 0 bridgehead atoms. The van der Waals surface area contributed by atoms with Gasteiger partial charge in [0.2, 0.25) is 0 Å². The smallest absolute Gasteiger partial charge is 0.344 e. The van der Waals surface area contributed by atoms with Crippen LogP contribution in [-0.4, -0.2) is 37.3 Å². The minimum Gasteiger partial charge on any atom is -0.461 e. The van der Waals surface area contributed by atoms with Gasteiger partial charge in [-0.3, -0.25) is 4.55 Å². The van der Waals surface area contributed by atoms with E-state index in [-0.39, 0.29) is 11.3 Å². The fourth-order valence-electron chi connectivity index (χ4n) is 1.88. The number of rotatable bonds is 6. The van der Waals surface area contributed by atoms with E-state index in [2.05, 4.69) is 67.8 Å². The van der Waals surface area contributed by atoms with Gasteiger partial charge in [0.25, 0.3) is 10.1 Å². The number of benzene rings is 2. The number of carbonyl (C=O) groups excluding carboxylic acids is 2. The molecule has 0 unspecified atom stereocenters. The molecule has 144 valence electrons. The molecule has 0 heterocycles. The second kappa shape index (κ2) is 9.80. The van der Waals surface area contributed by atoms with Crippen LogP contribution in [0.2, 0.25) is 0 Å². The molecule has 7 nitrogen and oxygen atoms in total. The van der Waals surface area contributed by atoms with Gasteiger partial charge in [0.05, 0.1) is 11.1 Å². The molecule has 27 heavy (non-hydrogen) atoms. The van der Waals surface area contributed by atoms with Crippen molar-refractivity contribution >= 4 is 89.8 Å². The lowest BCUT2D eigenvalue weighted by molar-refractivity contribution is 0.0526. The highest BCUT2D eigenvalue weighted by Crippen LogP contribution is 2.24. The first-order valence-electron chi connectivity index (χ1n) is 7.16. The summed E-state index contributed by atoms with van der Waals surface area (Å²) in [6.45, 7) is -0.485. The Labute approximate surface area is 196 Å². The van der Waals surface area contributed by atoms with Crippen molar-refractivity contribution in [3.8, 4) is 5.75 Å². The van der Waals surface area contributed by atoms with E-state index < -0.39 is 34.4 Å². The van der Waals surface area contributed by atoms with Crippen LogP contribution in [0.5, 0.6) is 5.75 Å². The summed E-state index contributed by atoms with van der Waals surface area (Å²) in [5.41, 5.74) is 0.496. The topological polar surface area (TPSA) is 107 Å². The Morgan fingerprint density at radius 3 is 2.41 bits per heavy atom. The largest absolute Gasteiger partial charge is 0.461 e. The van der Waals surface area contributed by atoms with Crippen molar-refractivity contribution in [1.29, 1.82) is 0 Å². The van der Waals surface area contributed by atoms with Gasteiger partial charge < -0.3 is 9.47 Å². The standard InChI is InChI=1S/C16H11I3O7S/c17-10-7-12(14(19)13(18)8-10)16(21)26-11-3-1-2-9(6-11)15(20)25-4-5-27(22,23)24/h1-3,6-8H,4-5H2,(H,22,23,24). The highest BCUT2D eigenvalue weighted by molar-refractivity contribution is 14.1. The molecule has 2 aromatic carbocycles. The van der Waals surface area contributed by atoms with Gasteiger partial charge in [-0.25, -0.2) is 9.59 Å². The number of hydrogen-bond donors (Lipinski definition) is 1. The fraction of sp³-hybridized carbons (Fsp3) is 0.125. The molecule has 0 aromatic heterocycles. The minimum absolute atomic E-state index is 0.0857. The van der Waals surface area contributed by atoms with Gasteiger partial charge in [-0.1, -0.05) is 6.07 Å². The van der Waals surface area contributed by atoms with Gasteiger partial charge in [-0.05, 0) is 98.1 Å². The molecule has 0 saturated carbocycles. The van der Waals surface area contributed by atoms with Crippen molar-refractivity contribution in [3.63, 3.8) is 0 Å². The van der Waals surface area contributed by atoms with Crippen molar-refractivity contribution < 1.29 is 32.0 Å². The molecule has 0 amide bonds. The van der Waals surface area contributed by atoms with E-state index in [0.717, 1.165) is 10.7 Å². The average molecular weight is 728 g/mol. The maximum Gasteiger partial charge on any atom is 0.344 e. The highest BCUT2D eigenvalue weighted by Gasteiger charge is 2.17. The predicted octanol–water partition coefficient (Wildman–Crippen LogP) is 3.76. The Hall–Kier alpha value is -0.520. The maximum absolute atomic E-state index is 12.5. The SMILES string of the molecule is O=C(OCCS(=O)(=O)O)c1cccc(OC(=O)c2cc(I)cc(I)c2I)c1. The Bertz CT molecular complexity index is 990. The van der Waals surface area contributed by atoms with Gasteiger partial charge in [-0.15, -0.1) is 0 Å². The number of ether oxygens (including phenoxy) is 2. The van der Waals surface area contributed by atoms with Crippen LogP contribution in [0.1, 0.15) is 20.7 Å². The third-order valence-corrected chi connectivity index (χ3v) is 7.42. The van der Waals surface area contributed by atoms with E-state index in [1.165, 1.54) is 24.3 Å². The number of carbonyl (C=O) groups is 2. The summed E-state index contributed by atoms with van der Waals surface area (Å²) in [6.07, 6.45) is 0. The highest BCUT2D eigenvalue weighted by atomic mass is 127. The Morgan fingerprint density at radius 1 is 1.04 bits per heavy atom. The summed E-state index contributed by atoms with van der Waals surface area (Å²) in [4.78, 5) is 24.4. The Morgan fingerprint density at radius 2 is 1.74 bits per heavy atom. The molecule has 0 spiro atoms. The van der Waals surface area contributed by atoms with Crippen molar-refractivity contribution in [2.75, 3.05) is 12.4 Å². The quantitative estimate of drug-likeness (QED) is 0.159.